The highest BCUT2D eigenvalue weighted by atomic mass is 35.5. The molecule has 5 rings (SSSR count). The first kappa shape index (κ1) is 29.3. The van der Waals surface area contributed by atoms with Gasteiger partial charge in [0.1, 0.15) is 23.9 Å². The van der Waals surface area contributed by atoms with E-state index < -0.39 is 5.82 Å². The number of hydrogen-bond donors (Lipinski definition) is 1. The standard InChI is InChI=1S/C36H32ClFO4/c1-23(39)29(13-5-8-24-7-4-11-28(19-24)42-22-36(41)27-9-6-10-27)32-20-31(33(37)21-34(32)38)26-17-15-25(16-18-26)30-12-2-3-14-35(30)40/h2-4,7,11-21,27,40H,5-6,8-10,22H2,1H3/b29-13+. The van der Waals surface area contributed by atoms with E-state index in [1.807, 2.05) is 60.7 Å². The molecule has 0 radical (unpaired) electrons. The molecular formula is C36H32ClFO4. The summed E-state index contributed by atoms with van der Waals surface area (Å²) in [5.41, 5.74) is 4.37. The van der Waals surface area contributed by atoms with Gasteiger partial charge in [-0.05, 0) is 79.6 Å². The van der Waals surface area contributed by atoms with Gasteiger partial charge < -0.3 is 9.84 Å². The second-order valence-corrected chi connectivity index (χ2v) is 11.1. The molecular weight excluding hydrogens is 551 g/mol. The molecule has 1 aliphatic rings. The number of hydrogen-bond acceptors (Lipinski definition) is 4. The summed E-state index contributed by atoms with van der Waals surface area (Å²) >= 11 is 6.46. The Morgan fingerprint density at radius 3 is 2.33 bits per heavy atom. The zero-order valence-corrected chi connectivity index (χ0v) is 24.2. The first-order chi connectivity index (χ1) is 20.3. The fourth-order valence-electron chi connectivity index (χ4n) is 5.14. The van der Waals surface area contributed by atoms with Crippen molar-refractivity contribution in [1.29, 1.82) is 0 Å². The molecule has 0 bridgehead atoms. The van der Waals surface area contributed by atoms with Gasteiger partial charge in [0.25, 0.3) is 0 Å². The number of para-hydroxylation sites is 1. The zero-order valence-electron chi connectivity index (χ0n) is 23.4. The third-order valence-electron chi connectivity index (χ3n) is 7.76. The summed E-state index contributed by atoms with van der Waals surface area (Å²) < 4.78 is 20.9. The van der Waals surface area contributed by atoms with Crippen LogP contribution in [0.5, 0.6) is 11.5 Å². The predicted octanol–water partition coefficient (Wildman–Crippen LogP) is 8.87. The van der Waals surface area contributed by atoms with Crippen LogP contribution in [-0.2, 0) is 16.0 Å². The SMILES string of the molecule is CC(=O)/C(=C\CCc1cccc(OCC(=O)C2CCC2)c1)c1cc(-c2ccc(-c3ccccc3O)cc2)c(Cl)cc1F. The average Bonchev–Trinajstić information content (AvgIpc) is 2.94. The van der Waals surface area contributed by atoms with E-state index in [0.717, 1.165) is 36.0 Å². The van der Waals surface area contributed by atoms with E-state index >= 15 is 4.39 Å². The van der Waals surface area contributed by atoms with Crippen molar-refractivity contribution in [2.24, 2.45) is 5.92 Å². The number of rotatable bonds is 11. The van der Waals surface area contributed by atoms with Crippen molar-refractivity contribution >= 4 is 28.7 Å². The Kier molecular flexibility index (Phi) is 9.19. The maximum absolute atomic E-state index is 15.2. The molecule has 0 saturated heterocycles. The minimum absolute atomic E-state index is 0.0815. The quantitative estimate of drug-likeness (QED) is 0.179. The van der Waals surface area contributed by atoms with E-state index in [1.165, 1.54) is 13.0 Å². The molecule has 0 unspecified atom stereocenters. The van der Waals surface area contributed by atoms with Crippen LogP contribution in [0.2, 0.25) is 5.02 Å². The molecule has 4 aromatic carbocycles. The number of aryl methyl sites for hydroxylation is 1. The highest BCUT2D eigenvalue weighted by molar-refractivity contribution is 6.33. The van der Waals surface area contributed by atoms with Gasteiger partial charge in [0.05, 0.1) is 5.02 Å². The molecule has 0 amide bonds. The van der Waals surface area contributed by atoms with Crippen LogP contribution in [0, 0.1) is 11.7 Å². The van der Waals surface area contributed by atoms with Crippen LogP contribution < -0.4 is 4.74 Å². The molecule has 6 heteroatoms. The first-order valence-corrected chi connectivity index (χ1v) is 14.5. The first-order valence-electron chi connectivity index (χ1n) is 14.1. The van der Waals surface area contributed by atoms with Gasteiger partial charge in [0.15, 0.2) is 11.6 Å². The summed E-state index contributed by atoms with van der Waals surface area (Å²) in [5, 5.41) is 10.4. The summed E-state index contributed by atoms with van der Waals surface area (Å²) in [7, 11) is 0. The van der Waals surface area contributed by atoms with Crippen molar-refractivity contribution in [3.8, 4) is 33.8 Å². The fourth-order valence-corrected chi connectivity index (χ4v) is 5.40. The number of Topliss-reactive ketones (excluding diaryl/α,β-unsaturated/α-hetero) is 2. The van der Waals surface area contributed by atoms with Gasteiger partial charge in [-0.25, -0.2) is 4.39 Å². The fraction of sp³-hybridized carbons (Fsp3) is 0.222. The van der Waals surface area contributed by atoms with E-state index in [0.29, 0.717) is 29.7 Å². The Balaban J connectivity index is 1.32. The highest BCUT2D eigenvalue weighted by Crippen LogP contribution is 2.36. The summed E-state index contributed by atoms with van der Waals surface area (Å²) in [4.78, 5) is 24.8. The molecule has 0 aromatic heterocycles. The van der Waals surface area contributed by atoms with E-state index in [9.17, 15) is 14.7 Å². The Morgan fingerprint density at radius 2 is 1.67 bits per heavy atom. The lowest BCUT2D eigenvalue weighted by Gasteiger charge is -2.23. The topological polar surface area (TPSA) is 63.6 Å². The maximum Gasteiger partial charge on any atom is 0.173 e. The number of ketones is 2. The van der Waals surface area contributed by atoms with Gasteiger partial charge in [-0.3, -0.25) is 9.59 Å². The third-order valence-corrected chi connectivity index (χ3v) is 8.07. The second kappa shape index (κ2) is 13.2. The Bertz CT molecular complexity index is 1640. The van der Waals surface area contributed by atoms with Gasteiger partial charge in [-0.1, -0.05) is 78.7 Å². The van der Waals surface area contributed by atoms with Gasteiger partial charge in [-0.2, -0.15) is 0 Å². The number of phenolic OH excluding ortho intramolecular Hbond substituents is 1. The van der Waals surface area contributed by atoms with Crippen molar-refractivity contribution in [3.63, 3.8) is 0 Å². The normalized spacial score (nSPS) is 13.5. The monoisotopic (exact) mass is 582 g/mol. The number of carbonyl (C=O) groups excluding carboxylic acids is 2. The molecule has 4 nitrogen and oxygen atoms in total. The molecule has 1 aliphatic carbocycles. The van der Waals surface area contributed by atoms with Crippen molar-refractivity contribution in [2.75, 3.05) is 6.61 Å². The summed E-state index contributed by atoms with van der Waals surface area (Å²) in [5.74, 6) is 0.294. The van der Waals surface area contributed by atoms with Crippen LogP contribution in [0.1, 0.15) is 43.7 Å². The maximum atomic E-state index is 15.2. The van der Waals surface area contributed by atoms with E-state index in [1.54, 1.807) is 24.3 Å². The zero-order chi connectivity index (χ0) is 29.6. The van der Waals surface area contributed by atoms with Crippen LogP contribution in [0.3, 0.4) is 0 Å². The number of ether oxygens (including phenoxy) is 1. The summed E-state index contributed by atoms with van der Waals surface area (Å²) in [6.07, 6.45) is 5.89. The number of carbonyl (C=O) groups is 2. The highest BCUT2D eigenvalue weighted by Gasteiger charge is 2.25. The van der Waals surface area contributed by atoms with Gasteiger partial charge in [-0.15, -0.1) is 0 Å². The van der Waals surface area contributed by atoms with Crippen LogP contribution in [0.15, 0.2) is 91.0 Å². The summed E-state index contributed by atoms with van der Waals surface area (Å²) in [6.45, 7) is 1.51. The Hall–Kier alpha value is -4.22. The van der Waals surface area contributed by atoms with Crippen molar-refractivity contribution in [2.45, 2.75) is 39.0 Å². The van der Waals surface area contributed by atoms with E-state index in [4.69, 9.17) is 16.3 Å². The number of aromatic hydroxyl groups is 1. The molecule has 1 saturated carbocycles. The van der Waals surface area contributed by atoms with E-state index in [2.05, 4.69) is 0 Å². The Labute approximate surface area is 250 Å². The van der Waals surface area contributed by atoms with Gasteiger partial charge in [0, 0.05) is 28.2 Å². The van der Waals surface area contributed by atoms with Crippen molar-refractivity contribution in [1.82, 2.24) is 0 Å². The Morgan fingerprint density at radius 1 is 0.952 bits per heavy atom. The van der Waals surface area contributed by atoms with Crippen LogP contribution in [0.4, 0.5) is 4.39 Å². The van der Waals surface area contributed by atoms with Crippen LogP contribution >= 0.6 is 11.6 Å². The summed E-state index contributed by atoms with van der Waals surface area (Å²) in [6, 6.07) is 25.0. The average molecular weight is 583 g/mol. The molecule has 0 atom stereocenters. The number of phenols is 1. The molecule has 42 heavy (non-hydrogen) atoms. The molecule has 1 fully saturated rings. The lowest BCUT2D eigenvalue weighted by molar-refractivity contribution is -0.127. The minimum Gasteiger partial charge on any atom is -0.507 e. The third kappa shape index (κ3) is 6.80. The van der Waals surface area contributed by atoms with Crippen molar-refractivity contribution < 1.29 is 23.8 Å². The van der Waals surface area contributed by atoms with Crippen LogP contribution in [-0.4, -0.2) is 23.3 Å². The minimum atomic E-state index is -0.567. The second-order valence-electron chi connectivity index (χ2n) is 10.6. The molecule has 4 aromatic rings. The van der Waals surface area contributed by atoms with Crippen molar-refractivity contribution in [3.05, 3.63) is 113 Å². The molecule has 0 heterocycles. The van der Waals surface area contributed by atoms with Gasteiger partial charge >= 0.3 is 0 Å². The molecule has 1 N–H and O–H groups in total. The largest absolute Gasteiger partial charge is 0.507 e. The smallest absolute Gasteiger partial charge is 0.173 e. The predicted molar refractivity (Wildman–Crippen MR) is 165 cm³/mol. The lowest BCUT2D eigenvalue weighted by Crippen LogP contribution is -2.26. The number of halogens is 2. The number of benzene rings is 4. The van der Waals surface area contributed by atoms with Crippen LogP contribution in [0.25, 0.3) is 27.8 Å². The molecule has 214 valence electrons. The lowest BCUT2D eigenvalue weighted by atomic mass is 9.82. The molecule has 0 aliphatic heterocycles. The number of allylic oxidation sites excluding steroid dienone is 2. The van der Waals surface area contributed by atoms with E-state index in [-0.39, 0.29) is 46.0 Å². The molecule has 0 spiro atoms. The van der Waals surface area contributed by atoms with Gasteiger partial charge in [0.2, 0.25) is 0 Å².